The summed E-state index contributed by atoms with van der Waals surface area (Å²) in [6.45, 7) is 18.0. The van der Waals surface area contributed by atoms with Gasteiger partial charge >= 0.3 is 7.12 Å². The number of halogens is 1. The Morgan fingerprint density at radius 3 is 2.38 bits per heavy atom. The number of benzene rings is 1. The minimum Gasteiger partial charge on any atom is -0.449 e. The van der Waals surface area contributed by atoms with Crippen LogP contribution in [0.25, 0.3) is 5.00 Å². The first-order valence-electron chi connectivity index (χ1n) is 13.6. The van der Waals surface area contributed by atoms with Crippen molar-refractivity contribution in [2.45, 2.75) is 86.0 Å². The van der Waals surface area contributed by atoms with Crippen LogP contribution in [-0.2, 0) is 15.7 Å². The number of aromatic nitrogens is 4. The van der Waals surface area contributed by atoms with Crippen molar-refractivity contribution in [3.8, 4) is 5.00 Å². The van der Waals surface area contributed by atoms with Crippen LogP contribution in [0.1, 0.15) is 86.7 Å². The molecule has 0 radical (unpaired) electrons. The Morgan fingerprint density at radius 1 is 1.05 bits per heavy atom. The first kappa shape index (κ1) is 28.4. The Hall–Kier alpha value is -3.15. The van der Waals surface area contributed by atoms with Gasteiger partial charge in [0.05, 0.1) is 29.5 Å². The molecule has 2 aliphatic heterocycles. The number of nitrogens with zero attached hydrogens (tertiary/aromatic N) is 5. The van der Waals surface area contributed by atoms with E-state index >= 15 is 4.39 Å². The molecular formula is C29H35BFN5O3S. The van der Waals surface area contributed by atoms with Gasteiger partial charge in [0.2, 0.25) is 0 Å². The van der Waals surface area contributed by atoms with Gasteiger partial charge in [0.1, 0.15) is 28.9 Å². The first-order chi connectivity index (χ1) is 19.0. The summed E-state index contributed by atoms with van der Waals surface area (Å²) in [4.78, 5) is 10.5. The Kier molecular flexibility index (Phi) is 7.35. The van der Waals surface area contributed by atoms with E-state index < -0.39 is 30.2 Å². The summed E-state index contributed by atoms with van der Waals surface area (Å²) >= 11 is 1.63. The number of aliphatic imine (C=N–C) groups is 1. The van der Waals surface area contributed by atoms with Crippen LogP contribution in [0, 0.1) is 26.6 Å². The summed E-state index contributed by atoms with van der Waals surface area (Å²) in [5.41, 5.74) is 2.50. The lowest BCUT2D eigenvalue weighted by Crippen LogP contribution is -2.41. The van der Waals surface area contributed by atoms with Gasteiger partial charge in [-0.25, -0.2) is 9.37 Å². The van der Waals surface area contributed by atoms with Gasteiger partial charge in [-0.2, -0.15) is 0 Å². The van der Waals surface area contributed by atoms with Gasteiger partial charge in [-0.05, 0) is 65.6 Å². The summed E-state index contributed by atoms with van der Waals surface area (Å²) in [5.74, 6) is 1.55. The van der Waals surface area contributed by atoms with Gasteiger partial charge in [0, 0.05) is 16.0 Å². The maximum absolute atomic E-state index is 16.0. The quantitative estimate of drug-likeness (QED) is 0.290. The van der Waals surface area contributed by atoms with Crippen molar-refractivity contribution in [2.24, 2.45) is 4.99 Å². The van der Waals surface area contributed by atoms with E-state index in [4.69, 9.17) is 18.7 Å². The molecule has 11 heteroatoms. The normalized spacial score (nSPS) is 18.9. The van der Waals surface area contributed by atoms with Crippen molar-refractivity contribution < 1.29 is 18.1 Å². The van der Waals surface area contributed by atoms with Gasteiger partial charge < -0.3 is 13.7 Å². The number of thiophene rings is 1. The van der Waals surface area contributed by atoms with Crippen molar-refractivity contribution in [1.29, 1.82) is 0 Å². The highest BCUT2D eigenvalue weighted by Gasteiger charge is 2.51. The maximum atomic E-state index is 16.0. The molecule has 0 N–H and O–H groups in total. The van der Waals surface area contributed by atoms with Gasteiger partial charge in [0.25, 0.3) is 0 Å². The predicted octanol–water partition coefficient (Wildman–Crippen LogP) is 5.84. The van der Waals surface area contributed by atoms with Crippen LogP contribution in [0.5, 0.6) is 0 Å². The Labute approximate surface area is 238 Å². The highest BCUT2D eigenvalue weighted by atomic mass is 32.1. The van der Waals surface area contributed by atoms with Crippen molar-refractivity contribution >= 4 is 29.6 Å². The third-order valence-electron chi connectivity index (χ3n) is 7.86. The Bertz CT molecular complexity index is 1560. The van der Waals surface area contributed by atoms with Crippen molar-refractivity contribution in [3.05, 3.63) is 75.6 Å². The van der Waals surface area contributed by atoms with Crippen molar-refractivity contribution in [2.75, 3.05) is 0 Å². The fourth-order valence-electron chi connectivity index (χ4n) is 4.88. The molecule has 2 aliphatic rings. The maximum Gasteiger partial charge on any atom is 0.494 e. The number of aryl methyl sites for hydroxylation is 2. The van der Waals surface area contributed by atoms with Crippen LogP contribution in [-0.4, -0.2) is 43.8 Å². The van der Waals surface area contributed by atoms with E-state index in [0.29, 0.717) is 34.9 Å². The minimum atomic E-state index is -0.656. The topological polar surface area (TPSA) is 87.6 Å². The lowest BCUT2D eigenvalue weighted by Gasteiger charge is -2.32. The summed E-state index contributed by atoms with van der Waals surface area (Å²) in [6.07, 6.45) is 3.51. The standard InChI is InChI=1S/C27H29BFN5O3S.C2H6/c1-14-15(2)38-25-22(14)23(31-20(13-21-30-10-11-35-21)24-33-32-16(3)34(24)25)18-9-8-17(12-19(18)29)28-36-26(4,5)27(6,7)37-28;1-2/h8-12,20H,13H2,1-7H3;1-2H3. The number of fused-ring (bicyclic) bond motifs is 3. The molecule has 8 nitrogen and oxygen atoms in total. The molecular weight excluding hydrogens is 528 g/mol. The molecule has 0 saturated carbocycles. The molecule has 0 aliphatic carbocycles. The summed E-state index contributed by atoms with van der Waals surface area (Å²) in [6, 6.07) is 4.66. The number of rotatable bonds is 4. The molecule has 1 aromatic carbocycles. The first-order valence-corrected chi connectivity index (χ1v) is 14.4. The molecule has 6 rings (SSSR count). The predicted molar refractivity (Wildman–Crippen MR) is 155 cm³/mol. The molecule has 1 unspecified atom stereocenters. The molecule has 40 heavy (non-hydrogen) atoms. The van der Waals surface area contributed by atoms with E-state index in [2.05, 4.69) is 22.1 Å². The molecule has 0 spiro atoms. The molecule has 4 aromatic rings. The number of oxazole rings is 1. The van der Waals surface area contributed by atoms with Crippen LogP contribution in [0.2, 0.25) is 0 Å². The molecule has 1 atom stereocenters. The Balaban J connectivity index is 0.00000158. The number of hydrogen-bond acceptors (Lipinski definition) is 8. The summed E-state index contributed by atoms with van der Waals surface area (Å²) in [5, 5.41) is 9.76. The highest BCUT2D eigenvalue weighted by molar-refractivity contribution is 7.15. The van der Waals surface area contributed by atoms with Crippen LogP contribution in [0.4, 0.5) is 4.39 Å². The van der Waals surface area contributed by atoms with Gasteiger partial charge in [-0.1, -0.05) is 26.0 Å². The average molecular weight is 564 g/mol. The molecule has 0 amide bonds. The van der Waals surface area contributed by atoms with Gasteiger partial charge in [-0.3, -0.25) is 9.56 Å². The van der Waals surface area contributed by atoms with Gasteiger partial charge in [-0.15, -0.1) is 21.5 Å². The number of hydrogen-bond donors (Lipinski definition) is 0. The Morgan fingerprint density at radius 2 is 1.75 bits per heavy atom. The third kappa shape index (κ3) is 4.63. The molecule has 1 saturated heterocycles. The smallest absolute Gasteiger partial charge is 0.449 e. The second kappa shape index (κ2) is 10.4. The zero-order valence-corrected chi connectivity index (χ0v) is 25.3. The second-order valence-corrected chi connectivity index (χ2v) is 12.1. The molecule has 210 valence electrons. The fraction of sp³-hybridized carbons (Fsp3) is 0.448. The SMILES string of the molecule is CC.Cc1sc2c(c1C)C(c1ccc(B3OC(C)(C)C(C)(C)O3)cc1F)=NC(Cc1ncco1)c1nnc(C)n1-2. The third-order valence-corrected chi connectivity index (χ3v) is 9.06. The van der Waals surface area contributed by atoms with Crippen LogP contribution in [0.15, 0.2) is 40.1 Å². The van der Waals surface area contributed by atoms with E-state index in [1.54, 1.807) is 23.6 Å². The monoisotopic (exact) mass is 563 g/mol. The highest BCUT2D eigenvalue weighted by Crippen LogP contribution is 2.40. The van der Waals surface area contributed by atoms with E-state index in [1.807, 2.05) is 66.0 Å². The summed E-state index contributed by atoms with van der Waals surface area (Å²) < 4.78 is 35.9. The van der Waals surface area contributed by atoms with Crippen molar-refractivity contribution in [1.82, 2.24) is 19.7 Å². The minimum absolute atomic E-state index is 0.370. The second-order valence-electron chi connectivity index (χ2n) is 10.9. The van der Waals surface area contributed by atoms with Crippen molar-refractivity contribution in [3.63, 3.8) is 0 Å². The largest absolute Gasteiger partial charge is 0.494 e. The lowest BCUT2D eigenvalue weighted by atomic mass is 9.78. The van der Waals surface area contributed by atoms with E-state index in [-0.39, 0.29) is 0 Å². The fourth-order valence-corrected chi connectivity index (χ4v) is 6.09. The molecule has 5 heterocycles. The van der Waals surface area contributed by atoms with Crippen LogP contribution >= 0.6 is 11.3 Å². The van der Waals surface area contributed by atoms with E-state index in [1.165, 1.54) is 12.3 Å². The van der Waals surface area contributed by atoms with Crippen LogP contribution < -0.4 is 5.46 Å². The average Bonchev–Trinajstić information content (AvgIpc) is 3.64. The van der Waals surface area contributed by atoms with E-state index in [9.17, 15) is 0 Å². The lowest BCUT2D eigenvalue weighted by molar-refractivity contribution is 0.00578. The zero-order chi connectivity index (χ0) is 29.0. The molecule has 0 bridgehead atoms. The summed E-state index contributed by atoms with van der Waals surface area (Å²) in [7, 11) is -0.656. The zero-order valence-electron chi connectivity index (χ0n) is 24.5. The molecule has 1 fully saturated rings. The molecule has 3 aromatic heterocycles. The van der Waals surface area contributed by atoms with Crippen LogP contribution in [0.3, 0.4) is 0 Å². The van der Waals surface area contributed by atoms with Gasteiger partial charge in [0.15, 0.2) is 11.7 Å². The van der Waals surface area contributed by atoms with E-state index in [0.717, 1.165) is 26.8 Å².